The standard InChI is InChI=1S/C20H18BrNO4/c1-4-25-17-11-13(9-15(21)18(17)24-3)10-16-20(23)26-19(22-16)14-8-6-5-7-12(14)2/h5-11H,4H2,1-3H3/b16-10-. The summed E-state index contributed by atoms with van der Waals surface area (Å²) in [6, 6.07) is 11.3. The molecule has 0 saturated carbocycles. The van der Waals surface area contributed by atoms with Gasteiger partial charge in [-0.1, -0.05) is 18.2 Å². The molecule has 0 saturated heterocycles. The molecule has 0 radical (unpaired) electrons. The minimum atomic E-state index is -0.479. The molecule has 6 heteroatoms. The van der Waals surface area contributed by atoms with Crippen molar-refractivity contribution in [1.29, 1.82) is 0 Å². The van der Waals surface area contributed by atoms with Crippen molar-refractivity contribution in [2.45, 2.75) is 13.8 Å². The molecule has 0 amide bonds. The zero-order chi connectivity index (χ0) is 18.7. The Bertz CT molecular complexity index is 918. The van der Waals surface area contributed by atoms with E-state index in [0.29, 0.717) is 24.0 Å². The van der Waals surface area contributed by atoms with Gasteiger partial charge in [-0.3, -0.25) is 0 Å². The number of aliphatic imine (C=N–C) groups is 1. The predicted octanol–water partition coefficient (Wildman–Crippen LogP) is 4.51. The van der Waals surface area contributed by atoms with E-state index in [-0.39, 0.29) is 5.70 Å². The molecule has 5 nitrogen and oxygen atoms in total. The first-order chi connectivity index (χ1) is 12.5. The molecule has 134 valence electrons. The van der Waals surface area contributed by atoms with Gasteiger partial charge in [-0.2, -0.15) is 0 Å². The smallest absolute Gasteiger partial charge is 0.363 e. The first-order valence-electron chi connectivity index (χ1n) is 8.12. The van der Waals surface area contributed by atoms with Gasteiger partial charge in [0.25, 0.3) is 0 Å². The van der Waals surface area contributed by atoms with E-state index < -0.39 is 5.97 Å². The number of methoxy groups -OCH3 is 1. The molecule has 0 fully saturated rings. The number of halogens is 1. The highest BCUT2D eigenvalue weighted by molar-refractivity contribution is 9.10. The largest absolute Gasteiger partial charge is 0.492 e. The van der Waals surface area contributed by atoms with Gasteiger partial charge in [0.1, 0.15) is 0 Å². The Hall–Kier alpha value is -2.60. The highest BCUT2D eigenvalue weighted by Gasteiger charge is 2.25. The number of hydrogen-bond acceptors (Lipinski definition) is 5. The molecule has 0 aliphatic carbocycles. The quantitative estimate of drug-likeness (QED) is 0.532. The zero-order valence-electron chi connectivity index (χ0n) is 14.7. The fourth-order valence-electron chi connectivity index (χ4n) is 2.63. The Kier molecular flexibility index (Phi) is 5.42. The molecule has 26 heavy (non-hydrogen) atoms. The van der Waals surface area contributed by atoms with Gasteiger partial charge in [-0.15, -0.1) is 0 Å². The minimum Gasteiger partial charge on any atom is -0.492 e. The van der Waals surface area contributed by atoms with Crippen LogP contribution in [0, 0.1) is 6.92 Å². The fraction of sp³-hybridized carbons (Fsp3) is 0.200. The van der Waals surface area contributed by atoms with E-state index in [1.807, 2.05) is 44.2 Å². The van der Waals surface area contributed by atoms with Crippen LogP contribution in [0.25, 0.3) is 6.08 Å². The predicted molar refractivity (Wildman–Crippen MR) is 104 cm³/mol. The van der Waals surface area contributed by atoms with Crippen molar-refractivity contribution in [3.63, 3.8) is 0 Å². The third-order valence-electron chi connectivity index (χ3n) is 3.84. The van der Waals surface area contributed by atoms with Crippen LogP contribution in [0.15, 0.2) is 51.6 Å². The zero-order valence-corrected chi connectivity index (χ0v) is 16.3. The lowest BCUT2D eigenvalue weighted by molar-refractivity contribution is -0.129. The Morgan fingerprint density at radius 3 is 2.73 bits per heavy atom. The molecular weight excluding hydrogens is 398 g/mol. The van der Waals surface area contributed by atoms with E-state index in [9.17, 15) is 4.79 Å². The van der Waals surface area contributed by atoms with Crippen LogP contribution in [0.2, 0.25) is 0 Å². The number of hydrogen-bond donors (Lipinski definition) is 0. The fourth-order valence-corrected chi connectivity index (χ4v) is 3.25. The number of ether oxygens (including phenoxy) is 3. The van der Waals surface area contributed by atoms with Gasteiger partial charge < -0.3 is 14.2 Å². The SMILES string of the molecule is CCOc1cc(/C=C2\N=C(c3ccccc3C)OC2=O)cc(Br)c1OC. The van der Waals surface area contributed by atoms with Crippen molar-refractivity contribution in [1.82, 2.24) is 0 Å². The second kappa shape index (κ2) is 7.74. The van der Waals surface area contributed by atoms with Crippen LogP contribution < -0.4 is 9.47 Å². The summed E-state index contributed by atoms with van der Waals surface area (Å²) < 4.78 is 17.0. The van der Waals surface area contributed by atoms with Crippen LogP contribution in [-0.4, -0.2) is 25.6 Å². The number of aryl methyl sites for hydroxylation is 1. The number of carbonyl (C=O) groups excluding carboxylic acids is 1. The van der Waals surface area contributed by atoms with Gasteiger partial charge >= 0.3 is 5.97 Å². The normalized spacial score (nSPS) is 15.0. The maximum absolute atomic E-state index is 12.2. The monoisotopic (exact) mass is 415 g/mol. The number of benzene rings is 2. The van der Waals surface area contributed by atoms with Crippen molar-refractivity contribution in [2.75, 3.05) is 13.7 Å². The van der Waals surface area contributed by atoms with Crippen molar-refractivity contribution >= 4 is 33.9 Å². The molecule has 0 bridgehead atoms. The molecule has 1 aliphatic rings. The maximum Gasteiger partial charge on any atom is 0.363 e. The molecule has 0 aromatic heterocycles. The van der Waals surface area contributed by atoms with Crippen molar-refractivity contribution in [2.24, 2.45) is 4.99 Å². The average Bonchev–Trinajstić information content (AvgIpc) is 2.96. The first kappa shape index (κ1) is 18.2. The maximum atomic E-state index is 12.2. The summed E-state index contributed by atoms with van der Waals surface area (Å²) in [4.78, 5) is 16.6. The number of nitrogens with zero attached hydrogens (tertiary/aromatic N) is 1. The van der Waals surface area contributed by atoms with Gasteiger partial charge in [0.2, 0.25) is 5.90 Å². The van der Waals surface area contributed by atoms with Crippen LogP contribution in [0.1, 0.15) is 23.6 Å². The molecule has 0 unspecified atom stereocenters. The van der Waals surface area contributed by atoms with Gasteiger partial charge in [-0.05, 0) is 65.2 Å². The first-order valence-corrected chi connectivity index (χ1v) is 8.91. The van der Waals surface area contributed by atoms with Crippen LogP contribution in [0.5, 0.6) is 11.5 Å². The molecule has 2 aromatic carbocycles. The third-order valence-corrected chi connectivity index (χ3v) is 4.42. The lowest BCUT2D eigenvalue weighted by atomic mass is 10.1. The van der Waals surface area contributed by atoms with Gasteiger partial charge in [0.05, 0.1) is 18.2 Å². The summed E-state index contributed by atoms with van der Waals surface area (Å²) in [6.45, 7) is 4.34. The lowest BCUT2D eigenvalue weighted by Gasteiger charge is -2.12. The molecule has 2 aromatic rings. The summed E-state index contributed by atoms with van der Waals surface area (Å²) in [5, 5.41) is 0. The Morgan fingerprint density at radius 1 is 1.27 bits per heavy atom. The summed E-state index contributed by atoms with van der Waals surface area (Å²) in [5.74, 6) is 1.03. The molecule has 0 N–H and O–H groups in total. The number of esters is 1. The number of cyclic esters (lactones) is 1. The second-order valence-corrected chi connectivity index (χ2v) is 6.47. The molecule has 1 heterocycles. The second-order valence-electron chi connectivity index (χ2n) is 5.62. The molecule has 1 aliphatic heterocycles. The van der Waals surface area contributed by atoms with Crippen molar-refractivity contribution in [3.8, 4) is 11.5 Å². The summed E-state index contributed by atoms with van der Waals surface area (Å²) in [5.41, 5.74) is 2.78. The van der Waals surface area contributed by atoms with Crippen LogP contribution in [-0.2, 0) is 9.53 Å². The van der Waals surface area contributed by atoms with Crippen LogP contribution in [0.3, 0.4) is 0 Å². The lowest BCUT2D eigenvalue weighted by Crippen LogP contribution is -2.06. The Morgan fingerprint density at radius 2 is 2.04 bits per heavy atom. The molecule has 0 spiro atoms. The van der Waals surface area contributed by atoms with E-state index in [1.165, 1.54) is 0 Å². The minimum absolute atomic E-state index is 0.239. The van der Waals surface area contributed by atoms with E-state index in [1.54, 1.807) is 19.3 Å². The van der Waals surface area contributed by atoms with Crippen LogP contribution in [0.4, 0.5) is 0 Å². The van der Waals surface area contributed by atoms with E-state index >= 15 is 0 Å². The highest BCUT2D eigenvalue weighted by atomic mass is 79.9. The van der Waals surface area contributed by atoms with E-state index in [4.69, 9.17) is 14.2 Å². The third kappa shape index (κ3) is 3.65. The van der Waals surface area contributed by atoms with Gasteiger partial charge in [-0.25, -0.2) is 9.79 Å². The average molecular weight is 416 g/mol. The Labute approximate surface area is 160 Å². The van der Waals surface area contributed by atoms with Crippen molar-refractivity contribution < 1.29 is 19.0 Å². The highest BCUT2D eigenvalue weighted by Crippen LogP contribution is 2.37. The summed E-state index contributed by atoms with van der Waals surface area (Å²) in [7, 11) is 1.58. The van der Waals surface area contributed by atoms with Crippen LogP contribution >= 0.6 is 15.9 Å². The van der Waals surface area contributed by atoms with E-state index in [2.05, 4.69) is 20.9 Å². The summed E-state index contributed by atoms with van der Waals surface area (Å²) in [6.07, 6.45) is 1.67. The van der Waals surface area contributed by atoms with Gasteiger partial charge in [0.15, 0.2) is 17.2 Å². The summed E-state index contributed by atoms with van der Waals surface area (Å²) >= 11 is 3.46. The number of carbonyl (C=O) groups is 1. The van der Waals surface area contributed by atoms with Gasteiger partial charge in [0, 0.05) is 5.56 Å². The number of rotatable bonds is 5. The molecule has 0 atom stereocenters. The van der Waals surface area contributed by atoms with Crippen molar-refractivity contribution in [3.05, 3.63) is 63.3 Å². The molecule has 3 rings (SSSR count). The van der Waals surface area contributed by atoms with E-state index in [0.717, 1.165) is 21.2 Å². The molecular formula is C20H18BrNO4. The Balaban J connectivity index is 1.99. The topological polar surface area (TPSA) is 57.1 Å².